The highest BCUT2D eigenvalue weighted by molar-refractivity contribution is 5.80. The summed E-state index contributed by atoms with van der Waals surface area (Å²) in [6, 6.07) is 13.5. The maximum atomic E-state index is 4.84. The van der Waals surface area contributed by atoms with Gasteiger partial charge in [-0.1, -0.05) is 24.6 Å². The lowest BCUT2D eigenvalue weighted by Gasteiger charge is -2.32. The predicted octanol–water partition coefficient (Wildman–Crippen LogP) is 3.30. The van der Waals surface area contributed by atoms with Gasteiger partial charge < -0.3 is 4.90 Å². The molecule has 0 radical (unpaired) electrons. The molecule has 2 fully saturated rings. The molecular formula is C18H23N3. The topological polar surface area (TPSA) is 19.4 Å². The molecule has 1 aromatic carbocycles. The van der Waals surface area contributed by atoms with Crippen LogP contribution in [0.3, 0.4) is 0 Å². The fourth-order valence-electron chi connectivity index (χ4n) is 3.76. The number of pyridine rings is 1. The molecule has 2 aliphatic heterocycles. The SMILES string of the molecule is c1ccc2nc(N3CCC(N4CCCCC4)C3)ccc2c1. The number of para-hydroxylation sites is 1. The molecule has 0 amide bonds. The Morgan fingerprint density at radius 1 is 0.905 bits per heavy atom. The summed E-state index contributed by atoms with van der Waals surface area (Å²) in [5.74, 6) is 1.15. The average Bonchev–Trinajstić information content (AvgIpc) is 3.05. The Morgan fingerprint density at radius 3 is 2.67 bits per heavy atom. The van der Waals surface area contributed by atoms with Crippen LogP contribution in [0.5, 0.6) is 0 Å². The van der Waals surface area contributed by atoms with Crippen LogP contribution >= 0.6 is 0 Å². The molecule has 0 spiro atoms. The van der Waals surface area contributed by atoms with Crippen LogP contribution in [-0.2, 0) is 0 Å². The van der Waals surface area contributed by atoms with Crippen molar-refractivity contribution in [2.45, 2.75) is 31.7 Å². The van der Waals surface area contributed by atoms with Crippen molar-refractivity contribution in [2.75, 3.05) is 31.1 Å². The molecule has 0 N–H and O–H groups in total. The van der Waals surface area contributed by atoms with E-state index in [1.807, 2.05) is 0 Å². The molecule has 21 heavy (non-hydrogen) atoms. The van der Waals surface area contributed by atoms with Gasteiger partial charge in [0.15, 0.2) is 0 Å². The molecule has 1 aromatic heterocycles. The standard InChI is InChI=1S/C18H23N3/c1-4-11-20(12-5-1)16-10-13-21(14-16)18-9-8-15-6-2-3-7-17(15)19-18/h2-3,6-9,16H,1,4-5,10-14H2. The zero-order valence-corrected chi connectivity index (χ0v) is 12.5. The van der Waals surface area contributed by atoms with Crippen LogP contribution in [0.25, 0.3) is 10.9 Å². The number of benzene rings is 1. The molecule has 3 nitrogen and oxygen atoms in total. The lowest BCUT2D eigenvalue weighted by molar-refractivity contribution is 0.175. The quantitative estimate of drug-likeness (QED) is 0.842. The smallest absolute Gasteiger partial charge is 0.129 e. The summed E-state index contributed by atoms with van der Waals surface area (Å²) in [4.78, 5) is 10.0. The number of hydrogen-bond donors (Lipinski definition) is 0. The monoisotopic (exact) mass is 281 g/mol. The third kappa shape index (κ3) is 2.62. The van der Waals surface area contributed by atoms with E-state index in [1.54, 1.807) is 0 Å². The number of fused-ring (bicyclic) bond motifs is 1. The van der Waals surface area contributed by atoms with Crippen LogP contribution in [0, 0.1) is 0 Å². The van der Waals surface area contributed by atoms with Crippen molar-refractivity contribution in [3.63, 3.8) is 0 Å². The van der Waals surface area contributed by atoms with E-state index in [4.69, 9.17) is 4.98 Å². The Labute approximate surface area is 126 Å². The van der Waals surface area contributed by atoms with Crippen LogP contribution in [-0.4, -0.2) is 42.1 Å². The molecule has 4 rings (SSSR count). The maximum absolute atomic E-state index is 4.84. The van der Waals surface area contributed by atoms with E-state index in [1.165, 1.54) is 44.2 Å². The number of nitrogens with zero attached hydrogens (tertiary/aromatic N) is 3. The number of aromatic nitrogens is 1. The lowest BCUT2D eigenvalue weighted by atomic mass is 10.1. The van der Waals surface area contributed by atoms with Gasteiger partial charge in [-0.2, -0.15) is 0 Å². The van der Waals surface area contributed by atoms with Crippen molar-refractivity contribution in [1.29, 1.82) is 0 Å². The minimum Gasteiger partial charge on any atom is -0.355 e. The summed E-state index contributed by atoms with van der Waals surface area (Å²) in [5, 5.41) is 1.23. The van der Waals surface area contributed by atoms with Crippen LogP contribution in [0.2, 0.25) is 0 Å². The highest BCUT2D eigenvalue weighted by Crippen LogP contribution is 2.25. The van der Waals surface area contributed by atoms with Crippen molar-refractivity contribution >= 4 is 16.7 Å². The molecule has 3 heteroatoms. The molecule has 1 atom stereocenters. The van der Waals surface area contributed by atoms with Gasteiger partial charge in [-0.05, 0) is 50.6 Å². The third-order valence-corrected chi connectivity index (χ3v) is 4.98. The highest BCUT2D eigenvalue weighted by Gasteiger charge is 2.29. The Bertz CT molecular complexity index is 619. The van der Waals surface area contributed by atoms with Gasteiger partial charge >= 0.3 is 0 Å². The van der Waals surface area contributed by atoms with Crippen molar-refractivity contribution in [1.82, 2.24) is 9.88 Å². The Kier molecular flexibility index (Phi) is 3.52. The van der Waals surface area contributed by atoms with Crippen LogP contribution in [0.1, 0.15) is 25.7 Å². The molecule has 3 heterocycles. The minimum atomic E-state index is 0.735. The second-order valence-corrected chi connectivity index (χ2v) is 6.35. The van der Waals surface area contributed by atoms with Gasteiger partial charge in [0.2, 0.25) is 0 Å². The molecule has 0 saturated carbocycles. The van der Waals surface area contributed by atoms with E-state index in [0.29, 0.717) is 0 Å². The zero-order valence-electron chi connectivity index (χ0n) is 12.5. The predicted molar refractivity (Wildman–Crippen MR) is 87.8 cm³/mol. The van der Waals surface area contributed by atoms with Crippen LogP contribution in [0.4, 0.5) is 5.82 Å². The molecule has 0 bridgehead atoms. The van der Waals surface area contributed by atoms with E-state index in [-0.39, 0.29) is 0 Å². The molecule has 2 aliphatic rings. The first-order valence-corrected chi connectivity index (χ1v) is 8.25. The van der Waals surface area contributed by atoms with Crippen LogP contribution in [0.15, 0.2) is 36.4 Å². The first-order chi connectivity index (χ1) is 10.4. The Balaban J connectivity index is 1.50. The average molecular weight is 281 g/mol. The fourth-order valence-corrected chi connectivity index (χ4v) is 3.76. The van der Waals surface area contributed by atoms with E-state index in [2.05, 4.69) is 46.2 Å². The molecule has 110 valence electrons. The number of piperidine rings is 1. The number of anilines is 1. The molecule has 2 saturated heterocycles. The van der Waals surface area contributed by atoms with Crippen molar-refractivity contribution < 1.29 is 0 Å². The van der Waals surface area contributed by atoms with Gasteiger partial charge in [0.25, 0.3) is 0 Å². The molecule has 1 unspecified atom stereocenters. The first-order valence-electron chi connectivity index (χ1n) is 8.25. The number of likely N-dealkylation sites (tertiary alicyclic amines) is 1. The zero-order chi connectivity index (χ0) is 14.1. The maximum Gasteiger partial charge on any atom is 0.129 e. The van der Waals surface area contributed by atoms with Gasteiger partial charge in [0.05, 0.1) is 5.52 Å². The summed E-state index contributed by atoms with van der Waals surface area (Å²) < 4.78 is 0. The van der Waals surface area contributed by atoms with Gasteiger partial charge in [-0.15, -0.1) is 0 Å². The normalized spacial score (nSPS) is 23.8. The largest absolute Gasteiger partial charge is 0.355 e. The molecular weight excluding hydrogens is 258 g/mol. The molecule has 2 aromatic rings. The fraction of sp³-hybridized carbons (Fsp3) is 0.500. The Morgan fingerprint density at radius 2 is 1.76 bits per heavy atom. The third-order valence-electron chi connectivity index (χ3n) is 4.98. The summed E-state index contributed by atoms with van der Waals surface area (Å²) in [7, 11) is 0. The van der Waals surface area contributed by atoms with E-state index < -0.39 is 0 Å². The number of rotatable bonds is 2. The van der Waals surface area contributed by atoms with Gasteiger partial charge in [0.1, 0.15) is 5.82 Å². The van der Waals surface area contributed by atoms with Crippen molar-refractivity contribution in [3.05, 3.63) is 36.4 Å². The van der Waals surface area contributed by atoms with Crippen molar-refractivity contribution in [3.8, 4) is 0 Å². The van der Waals surface area contributed by atoms with Crippen LogP contribution < -0.4 is 4.90 Å². The second kappa shape index (κ2) is 5.64. The number of hydrogen-bond acceptors (Lipinski definition) is 3. The summed E-state index contributed by atoms with van der Waals surface area (Å²) in [6.07, 6.45) is 5.46. The van der Waals surface area contributed by atoms with E-state index in [0.717, 1.165) is 30.5 Å². The summed E-state index contributed by atoms with van der Waals surface area (Å²) in [5.41, 5.74) is 1.11. The summed E-state index contributed by atoms with van der Waals surface area (Å²) >= 11 is 0. The highest BCUT2D eigenvalue weighted by atomic mass is 15.3. The molecule has 0 aliphatic carbocycles. The van der Waals surface area contributed by atoms with Gasteiger partial charge in [0, 0.05) is 24.5 Å². The Hall–Kier alpha value is -1.61. The van der Waals surface area contributed by atoms with Gasteiger partial charge in [-0.3, -0.25) is 4.90 Å². The van der Waals surface area contributed by atoms with E-state index >= 15 is 0 Å². The second-order valence-electron chi connectivity index (χ2n) is 6.35. The van der Waals surface area contributed by atoms with Crippen molar-refractivity contribution in [2.24, 2.45) is 0 Å². The summed E-state index contributed by atoms with van der Waals surface area (Å²) in [6.45, 7) is 4.88. The van der Waals surface area contributed by atoms with E-state index in [9.17, 15) is 0 Å². The minimum absolute atomic E-state index is 0.735. The lowest BCUT2D eigenvalue weighted by Crippen LogP contribution is -2.40. The van der Waals surface area contributed by atoms with Gasteiger partial charge in [-0.25, -0.2) is 4.98 Å². The first kappa shape index (κ1) is 13.1.